The molecule has 0 saturated carbocycles. The second-order valence-electron chi connectivity index (χ2n) is 5.53. The zero-order valence-electron chi connectivity index (χ0n) is 11.9. The van der Waals surface area contributed by atoms with Crippen LogP contribution in [0, 0.1) is 23.4 Å². The largest absolute Gasteiger partial charge is 0.319 e. The van der Waals surface area contributed by atoms with Crippen LogP contribution >= 0.6 is 0 Å². The molecule has 0 amide bonds. The molecule has 2 unspecified atom stereocenters. The lowest BCUT2D eigenvalue weighted by Gasteiger charge is -2.33. The summed E-state index contributed by atoms with van der Waals surface area (Å²) in [5.41, 5.74) is 0.258. The number of hydrogen-bond donors (Lipinski definition) is 1. The molecule has 112 valence electrons. The lowest BCUT2D eigenvalue weighted by Crippen LogP contribution is -2.34. The van der Waals surface area contributed by atoms with Gasteiger partial charge in [-0.15, -0.1) is 0 Å². The number of halogens is 3. The topological polar surface area (TPSA) is 15.3 Å². The number of nitrogens with zero attached hydrogens (tertiary/aromatic N) is 1. The molecule has 1 aliphatic heterocycles. The van der Waals surface area contributed by atoms with Gasteiger partial charge in [-0.1, -0.05) is 6.42 Å². The fourth-order valence-electron chi connectivity index (χ4n) is 3.16. The summed E-state index contributed by atoms with van der Waals surface area (Å²) >= 11 is 0. The van der Waals surface area contributed by atoms with Crippen molar-refractivity contribution in [1.82, 2.24) is 10.2 Å². The van der Waals surface area contributed by atoms with Gasteiger partial charge in [0.2, 0.25) is 0 Å². The molecular formula is C15H21F3N2. The first-order valence-corrected chi connectivity index (χ1v) is 7.04. The van der Waals surface area contributed by atoms with Gasteiger partial charge in [0.05, 0.1) is 0 Å². The van der Waals surface area contributed by atoms with Crippen LogP contribution in [0.3, 0.4) is 0 Å². The molecule has 1 aliphatic rings. The molecule has 0 radical (unpaired) electrons. The molecule has 0 spiro atoms. The third-order valence-electron chi connectivity index (χ3n) is 4.08. The van der Waals surface area contributed by atoms with Crippen LogP contribution < -0.4 is 5.32 Å². The van der Waals surface area contributed by atoms with E-state index in [1.54, 1.807) is 0 Å². The molecule has 5 heteroatoms. The van der Waals surface area contributed by atoms with Crippen LogP contribution in [-0.4, -0.2) is 32.1 Å². The van der Waals surface area contributed by atoms with Crippen molar-refractivity contribution in [2.24, 2.45) is 5.92 Å². The molecule has 1 fully saturated rings. The third-order valence-corrected chi connectivity index (χ3v) is 4.08. The molecule has 2 rings (SSSR count). The Hall–Kier alpha value is -1.07. The van der Waals surface area contributed by atoms with Crippen LogP contribution in [0.5, 0.6) is 0 Å². The average Bonchev–Trinajstić information content (AvgIpc) is 2.57. The number of rotatable bonds is 3. The van der Waals surface area contributed by atoms with Gasteiger partial charge in [0.1, 0.15) is 5.82 Å². The van der Waals surface area contributed by atoms with Crippen LogP contribution in [0.1, 0.15) is 30.9 Å². The Morgan fingerprint density at radius 2 is 1.85 bits per heavy atom. The highest BCUT2D eigenvalue weighted by molar-refractivity contribution is 5.24. The minimum absolute atomic E-state index is 0.187. The summed E-state index contributed by atoms with van der Waals surface area (Å²) in [4.78, 5) is 2.05. The Kier molecular flexibility index (Phi) is 5.05. The summed E-state index contributed by atoms with van der Waals surface area (Å²) < 4.78 is 40.7. The van der Waals surface area contributed by atoms with Gasteiger partial charge in [-0.2, -0.15) is 0 Å². The predicted molar refractivity (Wildman–Crippen MR) is 73.0 cm³/mol. The Morgan fingerprint density at radius 3 is 2.55 bits per heavy atom. The molecule has 20 heavy (non-hydrogen) atoms. The zero-order chi connectivity index (χ0) is 14.7. The van der Waals surface area contributed by atoms with Gasteiger partial charge in [0, 0.05) is 17.7 Å². The molecule has 1 heterocycles. The lowest BCUT2D eigenvalue weighted by molar-refractivity contribution is 0.185. The second kappa shape index (κ2) is 6.59. The van der Waals surface area contributed by atoms with Gasteiger partial charge in [0.15, 0.2) is 11.6 Å². The molecule has 1 aromatic rings. The monoisotopic (exact) mass is 286 g/mol. The SMILES string of the molecule is CNCC1CCCCN(C)C1c1cc(F)c(F)cc1F. The molecule has 0 aliphatic carbocycles. The van der Waals surface area contributed by atoms with Crippen molar-refractivity contribution in [3.8, 4) is 0 Å². The molecule has 1 aromatic carbocycles. The molecule has 1 N–H and O–H groups in total. The minimum Gasteiger partial charge on any atom is -0.319 e. The average molecular weight is 286 g/mol. The summed E-state index contributed by atoms with van der Waals surface area (Å²) in [6, 6.07) is 1.44. The van der Waals surface area contributed by atoms with E-state index in [2.05, 4.69) is 5.32 Å². The summed E-state index contributed by atoms with van der Waals surface area (Å²) in [6.07, 6.45) is 3.06. The van der Waals surface area contributed by atoms with Crippen molar-refractivity contribution >= 4 is 0 Å². The maximum absolute atomic E-state index is 14.1. The van der Waals surface area contributed by atoms with Crippen molar-refractivity contribution in [3.05, 3.63) is 35.1 Å². The fraction of sp³-hybridized carbons (Fsp3) is 0.600. The van der Waals surface area contributed by atoms with E-state index in [0.717, 1.165) is 38.4 Å². The van der Waals surface area contributed by atoms with Crippen molar-refractivity contribution < 1.29 is 13.2 Å². The number of hydrogen-bond acceptors (Lipinski definition) is 2. The summed E-state index contributed by atoms with van der Waals surface area (Å²) in [5, 5.41) is 3.11. The van der Waals surface area contributed by atoms with E-state index in [-0.39, 0.29) is 17.5 Å². The number of benzene rings is 1. The van der Waals surface area contributed by atoms with Gasteiger partial charge >= 0.3 is 0 Å². The first kappa shape index (κ1) is 15.3. The maximum atomic E-state index is 14.1. The molecule has 2 atom stereocenters. The van der Waals surface area contributed by atoms with Gasteiger partial charge < -0.3 is 5.32 Å². The van der Waals surface area contributed by atoms with Crippen molar-refractivity contribution in [1.29, 1.82) is 0 Å². The second-order valence-corrected chi connectivity index (χ2v) is 5.53. The zero-order valence-corrected chi connectivity index (χ0v) is 11.9. The van der Waals surface area contributed by atoms with E-state index in [0.29, 0.717) is 6.07 Å². The van der Waals surface area contributed by atoms with Crippen molar-refractivity contribution in [3.63, 3.8) is 0 Å². The molecule has 1 saturated heterocycles. The Balaban J connectivity index is 2.41. The summed E-state index contributed by atoms with van der Waals surface area (Å²) in [6.45, 7) is 1.57. The van der Waals surface area contributed by atoms with Crippen molar-refractivity contribution in [2.45, 2.75) is 25.3 Å². The smallest absolute Gasteiger partial charge is 0.161 e. The van der Waals surface area contributed by atoms with E-state index >= 15 is 0 Å². The van der Waals surface area contributed by atoms with Crippen LogP contribution in [0.25, 0.3) is 0 Å². The minimum atomic E-state index is -1.13. The Morgan fingerprint density at radius 1 is 1.15 bits per heavy atom. The third kappa shape index (κ3) is 3.15. The highest BCUT2D eigenvalue weighted by Crippen LogP contribution is 2.35. The Bertz CT molecular complexity index is 465. The maximum Gasteiger partial charge on any atom is 0.161 e. The number of likely N-dealkylation sites (tertiary alicyclic amines) is 1. The van der Waals surface area contributed by atoms with Crippen molar-refractivity contribution in [2.75, 3.05) is 27.2 Å². The first-order valence-electron chi connectivity index (χ1n) is 7.04. The highest BCUT2D eigenvalue weighted by atomic mass is 19.2. The van der Waals surface area contributed by atoms with Crippen LogP contribution in [0.2, 0.25) is 0 Å². The van der Waals surface area contributed by atoms with E-state index < -0.39 is 17.5 Å². The number of nitrogens with one attached hydrogen (secondary N) is 1. The van der Waals surface area contributed by atoms with Crippen LogP contribution in [0.15, 0.2) is 12.1 Å². The lowest BCUT2D eigenvalue weighted by atomic mass is 9.89. The summed E-state index contributed by atoms with van der Waals surface area (Å²) in [7, 11) is 3.77. The first-order chi connectivity index (χ1) is 9.54. The standard InChI is InChI=1S/C15H21F3N2/c1-19-9-10-5-3-4-6-20(2)15(10)11-7-13(17)14(18)8-12(11)16/h7-8,10,15,19H,3-6,9H2,1-2H3. The highest BCUT2D eigenvalue weighted by Gasteiger charge is 2.31. The molecule has 0 aromatic heterocycles. The predicted octanol–water partition coefficient (Wildman–Crippen LogP) is 3.10. The van der Waals surface area contributed by atoms with Gasteiger partial charge in [0.25, 0.3) is 0 Å². The van der Waals surface area contributed by atoms with E-state index in [1.807, 2.05) is 19.0 Å². The van der Waals surface area contributed by atoms with E-state index in [9.17, 15) is 13.2 Å². The fourth-order valence-corrected chi connectivity index (χ4v) is 3.16. The quantitative estimate of drug-likeness (QED) is 0.859. The van der Waals surface area contributed by atoms with Gasteiger partial charge in [-0.25, -0.2) is 13.2 Å². The van der Waals surface area contributed by atoms with Gasteiger partial charge in [-0.3, -0.25) is 4.90 Å². The van der Waals surface area contributed by atoms with E-state index in [4.69, 9.17) is 0 Å². The van der Waals surface area contributed by atoms with E-state index in [1.165, 1.54) is 0 Å². The molecule has 2 nitrogen and oxygen atoms in total. The molecular weight excluding hydrogens is 265 g/mol. The Labute approximate surface area is 118 Å². The van der Waals surface area contributed by atoms with Crippen LogP contribution in [-0.2, 0) is 0 Å². The van der Waals surface area contributed by atoms with Gasteiger partial charge in [-0.05, 0) is 52.0 Å². The summed E-state index contributed by atoms with van der Waals surface area (Å²) in [5.74, 6) is -2.59. The molecule has 0 bridgehead atoms. The van der Waals surface area contributed by atoms with Crippen LogP contribution in [0.4, 0.5) is 13.2 Å². The normalized spacial score (nSPS) is 24.6.